The Hall–Kier alpha value is -1.26. The minimum absolute atomic E-state index is 0.203. The molecule has 0 unspecified atom stereocenters. The highest BCUT2D eigenvalue weighted by atomic mass is 35.5. The molecular formula is C12H14ClNO3. The van der Waals surface area contributed by atoms with E-state index in [2.05, 4.69) is 4.90 Å². The van der Waals surface area contributed by atoms with E-state index in [1.54, 1.807) is 12.1 Å². The lowest BCUT2D eigenvalue weighted by atomic mass is 10.0. The molecular weight excluding hydrogens is 242 g/mol. The molecule has 0 bridgehead atoms. The number of hydrogen-bond donors (Lipinski definition) is 1. The van der Waals surface area contributed by atoms with Gasteiger partial charge in [-0.2, -0.15) is 0 Å². The van der Waals surface area contributed by atoms with Gasteiger partial charge in [-0.25, -0.2) is 0 Å². The molecule has 1 N–H and O–H groups in total. The summed E-state index contributed by atoms with van der Waals surface area (Å²) in [6.45, 7) is 2.57. The summed E-state index contributed by atoms with van der Waals surface area (Å²) in [5, 5.41) is 9.39. The zero-order chi connectivity index (χ0) is 12.3. The summed E-state index contributed by atoms with van der Waals surface area (Å²) in [7, 11) is 0. The number of carbonyl (C=O) groups is 1. The number of rotatable bonds is 5. The highest BCUT2D eigenvalue weighted by molar-refractivity contribution is 6.30. The minimum Gasteiger partial charge on any atom is -0.492 e. The van der Waals surface area contributed by atoms with Gasteiger partial charge in [0.2, 0.25) is 0 Å². The molecule has 1 aromatic rings. The number of likely N-dealkylation sites (tertiary alicyclic amines) is 1. The lowest BCUT2D eigenvalue weighted by Crippen LogP contribution is -2.51. The van der Waals surface area contributed by atoms with Gasteiger partial charge in [-0.1, -0.05) is 11.6 Å². The topological polar surface area (TPSA) is 49.8 Å². The van der Waals surface area contributed by atoms with Gasteiger partial charge < -0.3 is 9.84 Å². The van der Waals surface area contributed by atoms with Crippen LogP contribution in [0, 0.1) is 5.92 Å². The number of ether oxygens (including phenoxy) is 1. The molecule has 0 spiro atoms. The van der Waals surface area contributed by atoms with E-state index in [1.807, 2.05) is 12.1 Å². The van der Waals surface area contributed by atoms with E-state index >= 15 is 0 Å². The molecule has 0 atom stereocenters. The number of hydrogen-bond acceptors (Lipinski definition) is 3. The molecule has 1 aromatic carbocycles. The van der Waals surface area contributed by atoms with Crippen LogP contribution in [0.4, 0.5) is 0 Å². The van der Waals surface area contributed by atoms with Crippen molar-refractivity contribution in [1.29, 1.82) is 0 Å². The third-order valence-corrected chi connectivity index (χ3v) is 3.05. The Kier molecular flexibility index (Phi) is 3.86. The number of nitrogens with zero attached hydrogens (tertiary/aromatic N) is 1. The second-order valence-electron chi connectivity index (χ2n) is 4.10. The number of benzene rings is 1. The summed E-state index contributed by atoms with van der Waals surface area (Å²) in [5.74, 6) is -0.130. The minimum atomic E-state index is -0.708. The van der Waals surface area contributed by atoms with Crippen molar-refractivity contribution >= 4 is 17.6 Å². The largest absolute Gasteiger partial charge is 0.492 e. The molecule has 1 heterocycles. The van der Waals surface area contributed by atoms with Crippen molar-refractivity contribution in [3.8, 4) is 5.75 Å². The molecule has 92 valence electrons. The molecule has 17 heavy (non-hydrogen) atoms. The molecule has 1 aliphatic heterocycles. The molecule has 5 heteroatoms. The third-order valence-electron chi connectivity index (χ3n) is 2.80. The molecule has 0 saturated carbocycles. The van der Waals surface area contributed by atoms with Gasteiger partial charge in [-0.3, -0.25) is 9.69 Å². The van der Waals surface area contributed by atoms with E-state index in [9.17, 15) is 4.79 Å². The summed E-state index contributed by atoms with van der Waals surface area (Å²) in [6, 6.07) is 7.19. The summed E-state index contributed by atoms with van der Waals surface area (Å²) in [5.41, 5.74) is 0. The predicted molar refractivity (Wildman–Crippen MR) is 64.5 cm³/mol. The summed E-state index contributed by atoms with van der Waals surface area (Å²) >= 11 is 5.75. The number of carboxylic acid groups (broad SMARTS) is 1. The zero-order valence-corrected chi connectivity index (χ0v) is 10.1. The van der Waals surface area contributed by atoms with Crippen molar-refractivity contribution in [3.05, 3.63) is 29.3 Å². The van der Waals surface area contributed by atoms with Crippen molar-refractivity contribution < 1.29 is 14.6 Å². The van der Waals surface area contributed by atoms with Crippen molar-refractivity contribution in [1.82, 2.24) is 4.90 Å². The number of aliphatic carboxylic acids is 1. The summed E-state index contributed by atoms with van der Waals surface area (Å²) < 4.78 is 5.52. The highest BCUT2D eigenvalue weighted by Gasteiger charge is 2.31. The predicted octanol–water partition coefficient (Wildman–Crippen LogP) is 1.74. The molecule has 0 amide bonds. The first kappa shape index (κ1) is 12.2. The van der Waals surface area contributed by atoms with Gasteiger partial charge in [0.15, 0.2) is 0 Å². The SMILES string of the molecule is O=C(O)C1CN(CCOc2ccc(Cl)cc2)C1. The van der Waals surface area contributed by atoms with Gasteiger partial charge >= 0.3 is 5.97 Å². The van der Waals surface area contributed by atoms with Gasteiger partial charge in [0.1, 0.15) is 12.4 Å². The Morgan fingerprint density at radius 2 is 2.06 bits per heavy atom. The van der Waals surface area contributed by atoms with Gasteiger partial charge in [0.25, 0.3) is 0 Å². The maximum atomic E-state index is 10.6. The lowest BCUT2D eigenvalue weighted by Gasteiger charge is -2.36. The van der Waals surface area contributed by atoms with Crippen LogP contribution in [-0.4, -0.2) is 42.2 Å². The van der Waals surface area contributed by atoms with Crippen molar-refractivity contribution in [2.24, 2.45) is 5.92 Å². The molecule has 4 nitrogen and oxygen atoms in total. The Bertz CT molecular complexity index is 387. The van der Waals surface area contributed by atoms with Crippen LogP contribution in [0.5, 0.6) is 5.75 Å². The smallest absolute Gasteiger partial charge is 0.309 e. The van der Waals surface area contributed by atoms with Crippen LogP contribution in [0.25, 0.3) is 0 Å². The highest BCUT2D eigenvalue weighted by Crippen LogP contribution is 2.17. The Morgan fingerprint density at radius 1 is 1.41 bits per heavy atom. The molecule has 1 fully saturated rings. The van der Waals surface area contributed by atoms with Crippen LogP contribution in [0.15, 0.2) is 24.3 Å². The van der Waals surface area contributed by atoms with Crippen LogP contribution in [0.1, 0.15) is 0 Å². The first-order valence-corrected chi connectivity index (χ1v) is 5.86. The fourth-order valence-corrected chi connectivity index (χ4v) is 1.86. The maximum Gasteiger partial charge on any atom is 0.309 e. The van der Waals surface area contributed by atoms with Crippen molar-refractivity contribution in [3.63, 3.8) is 0 Å². The molecule has 0 aliphatic carbocycles. The molecule has 0 aromatic heterocycles. The third kappa shape index (κ3) is 3.35. The van der Waals surface area contributed by atoms with E-state index < -0.39 is 5.97 Å². The van der Waals surface area contributed by atoms with Crippen LogP contribution >= 0.6 is 11.6 Å². The monoisotopic (exact) mass is 255 g/mol. The van der Waals surface area contributed by atoms with Crippen LogP contribution in [0.2, 0.25) is 5.02 Å². The average molecular weight is 256 g/mol. The first-order chi connectivity index (χ1) is 8.15. The standard InChI is InChI=1S/C12H14ClNO3/c13-10-1-3-11(4-2-10)17-6-5-14-7-9(8-14)12(15)16/h1-4,9H,5-8H2,(H,15,16). The second kappa shape index (κ2) is 5.38. The van der Waals surface area contributed by atoms with Gasteiger partial charge in [0.05, 0.1) is 5.92 Å². The van der Waals surface area contributed by atoms with Gasteiger partial charge in [-0.15, -0.1) is 0 Å². The van der Waals surface area contributed by atoms with E-state index in [-0.39, 0.29) is 5.92 Å². The normalized spacial score (nSPS) is 16.5. The number of carboxylic acids is 1. The van der Waals surface area contributed by atoms with Crippen molar-refractivity contribution in [2.75, 3.05) is 26.2 Å². The number of halogens is 1. The summed E-state index contributed by atoms with van der Waals surface area (Å²) in [6.07, 6.45) is 0. The lowest BCUT2D eigenvalue weighted by molar-refractivity contribution is -0.147. The van der Waals surface area contributed by atoms with E-state index in [0.717, 1.165) is 12.3 Å². The molecule has 1 aliphatic rings. The molecule has 1 saturated heterocycles. The van der Waals surface area contributed by atoms with Crippen molar-refractivity contribution in [2.45, 2.75) is 0 Å². The summed E-state index contributed by atoms with van der Waals surface area (Å²) in [4.78, 5) is 12.6. The molecule has 0 radical (unpaired) electrons. The fraction of sp³-hybridized carbons (Fsp3) is 0.417. The Morgan fingerprint density at radius 3 is 2.65 bits per heavy atom. The Labute approximate surface area is 105 Å². The van der Waals surface area contributed by atoms with E-state index in [1.165, 1.54) is 0 Å². The average Bonchev–Trinajstić information content (AvgIpc) is 2.23. The molecule has 2 rings (SSSR count). The van der Waals surface area contributed by atoms with Crippen LogP contribution < -0.4 is 4.74 Å². The van der Waals surface area contributed by atoms with Crippen LogP contribution in [-0.2, 0) is 4.79 Å². The first-order valence-electron chi connectivity index (χ1n) is 5.48. The van der Waals surface area contributed by atoms with E-state index in [4.69, 9.17) is 21.4 Å². The fourth-order valence-electron chi connectivity index (χ4n) is 1.73. The quantitative estimate of drug-likeness (QED) is 0.871. The van der Waals surface area contributed by atoms with Gasteiger partial charge in [-0.05, 0) is 24.3 Å². The van der Waals surface area contributed by atoms with Crippen LogP contribution in [0.3, 0.4) is 0 Å². The second-order valence-corrected chi connectivity index (χ2v) is 4.53. The Balaban J connectivity index is 1.64. The van der Waals surface area contributed by atoms with E-state index in [0.29, 0.717) is 24.7 Å². The maximum absolute atomic E-state index is 10.6. The van der Waals surface area contributed by atoms with Gasteiger partial charge in [0, 0.05) is 24.7 Å². The zero-order valence-electron chi connectivity index (χ0n) is 9.30.